The smallest absolute Gasteiger partial charge is 0.308 e. The number of hydrogen-bond donors (Lipinski definition) is 1. The summed E-state index contributed by atoms with van der Waals surface area (Å²) >= 11 is 9.27. The van der Waals surface area contributed by atoms with E-state index in [1.807, 2.05) is 0 Å². The van der Waals surface area contributed by atoms with E-state index in [1.165, 1.54) is 23.7 Å². The molecule has 0 fully saturated rings. The second-order valence-corrected chi connectivity index (χ2v) is 7.68. The normalized spacial score (nSPS) is 11.7. The number of carbonyl (C=O) groups is 1. The van der Waals surface area contributed by atoms with Crippen molar-refractivity contribution in [2.45, 2.75) is 32.6 Å². The maximum absolute atomic E-state index is 13.9. The van der Waals surface area contributed by atoms with Crippen molar-refractivity contribution in [1.82, 2.24) is 19.6 Å². The van der Waals surface area contributed by atoms with Gasteiger partial charge in [0.2, 0.25) is 5.91 Å². The van der Waals surface area contributed by atoms with Crippen LogP contribution in [0.2, 0.25) is 5.02 Å². The zero-order chi connectivity index (χ0) is 22.1. The number of hydrogen-bond acceptors (Lipinski definition) is 3. The lowest BCUT2D eigenvalue weighted by Crippen LogP contribution is -2.17. The summed E-state index contributed by atoms with van der Waals surface area (Å²) < 4.78 is 55.1. The predicted molar refractivity (Wildman–Crippen MR) is 106 cm³/mol. The molecule has 0 spiro atoms. The Morgan fingerprint density at radius 3 is 2.67 bits per heavy atom. The number of anilines is 1. The molecule has 12 heteroatoms. The van der Waals surface area contributed by atoms with Gasteiger partial charge in [0.05, 0.1) is 11.0 Å². The first kappa shape index (κ1) is 22.3. The highest BCUT2D eigenvalue weighted by atomic mass is 79.9. The molecule has 0 bridgehead atoms. The molecule has 1 N–H and O–H groups in total. The molecule has 0 atom stereocenters. The predicted octanol–water partition coefficient (Wildman–Crippen LogP) is 5.04. The summed E-state index contributed by atoms with van der Waals surface area (Å²) in [7, 11) is 0. The Labute approximate surface area is 181 Å². The Bertz CT molecular complexity index is 1060. The molecule has 1 aromatic carbocycles. The standard InChI is InChI=1S/C18H15BrClF4N5O/c1-10-7-15(18(22,23)24)26-29(10)6-5-16(30)25-17-12(19)9-28(27-17)8-11-13(20)3-2-4-14(11)21/h2-4,7,9H,5-6,8H2,1H3,(H,25,27,30). The minimum absolute atomic E-state index is 0.0308. The van der Waals surface area contributed by atoms with Gasteiger partial charge in [-0.15, -0.1) is 0 Å². The van der Waals surface area contributed by atoms with Crippen molar-refractivity contribution >= 4 is 39.3 Å². The fourth-order valence-corrected chi connectivity index (χ4v) is 3.32. The molecule has 0 unspecified atom stereocenters. The highest BCUT2D eigenvalue weighted by Gasteiger charge is 2.34. The summed E-state index contributed by atoms with van der Waals surface area (Å²) in [6.45, 7) is 1.50. The van der Waals surface area contributed by atoms with Crippen LogP contribution in [-0.2, 0) is 24.1 Å². The lowest BCUT2D eigenvalue weighted by molar-refractivity contribution is -0.141. The van der Waals surface area contributed by atoms with E-state index in [0.29, 0.717) is 10.2 Å². The van der Waals surface area contributed by atoms with Crippen molar-refractivity contribution in [2.75, 3.05) is 5.32 Å². The molecule has 2 heterocycles. The molecule has 0 aliphatic rings. The third-order valence-electron chi connectivity index (χ3n) is 4.18. The van der Waals surface area contributed by atoms with Gasteiger partial charge in [-0.2, -0.15) is 23.4 Å². The number of amides is 1. The summed E-state index contributed by atoms with van der Waals surface area (Å²) in [6, 6.07) is 5.25. The molecule has 160 valence electrons. The third-order valence-corrected chi connectivity index (χ3v) is 5.11. The number of nitrogens with one attached hydrogen (secondary N) is 1. The summed E-state index contributed by atoms with van der Waals surface area (Å²) in [4.78, 5) is 12.2. The van der Waals surface area contributed by atoms with E-state index in [9.17, 15) is 22.4 Å². The highest BCUT2D eigenvalue weighted by molar-refractivity contribution is 9.10. The molecular formula is C18H15BrClF4N5O. The van der Waals surface area contributed by atoms with Crippen molar-refractivity contribution in [3.8, 4) is 0 Å². The molecule has 0 saturated heterocycles. The van der Waals surface area contributed by atoms with Crippen LogP contribution in [0.5, 0.6) is 0 Å². The fourth-order valence-electron chi connectivity index (χ4n) is 2.69. The van der Waals surface area contributed by atoms with Crippen LogP contribution in [0.15, 0.2) is 34.9 Å². The number of benzene rings is 1. The Hall–Kier alpha value is -2.40. The van der Waals surface area contributed by atoms with E-state index in [1.54, 1.807) is 12.3 Å². The Balaban J connectivity index is 1.63. The largest absolute Gasteiger partial charge is 0.435 e. The molecule has 3 rings (SSSR count). The molecule has 0 radical (unpaired) electrons. The number of nitrogens with zero attached hydrogens (tertiary/aromatic N) is 4. The molecule has 3 aromatic rings. The molecular weight excluding hydrogens is 494 g/mol. The molecule has 1 amide bonds. The topological polar surface area (TPSA) is 64.7 Å². The van der Waals surface area contributed by atoms with Crippen molar-refractivity contribution < 1.29 is 22.4 Å². The highest BCUT2D eigenvalue weighted by Crippen LogP contribution is 2.28. The number of alkyl halides is 3. The molecule has 0 aliphatic heterocycles. The van der Waals surface area contributed by atoms with Crippen LogP contribution in [0, 0.1) is 12.7 Å². The quantitative estimate of drug-likeness (QED) is 0.475. The Morgan fingerprint density at radius 1 is 1.30 bits per heavy atom. The molecule has 0 aliphatic carbocycles. The van der Waals surface area contributed by atoms with E-state index >= 15 is 0 Å². The fraction of sp³-hybridized carbons (Fsp3) is 0.278. The maximum atomic E-state index is 13.9. The van der Waals surface area contributed by atoms with Gasteiger partial charge in [0, 0.05) is 35.4 Å². The average molecular weight is 509 g/mol. The van der Waals surface area contributed by atoms with Crippen LogP contribution in [0.4, 0.5) is 23.4 Å². The molecule has 30 heavy (non-hydrogen) atoms. The van der Waals surface area contributed by atoms with Gasteiger partial charge in [-0.05, 0) is 41.1 Å². The average Bonchev–Trinajstić information content (AvgIpc) is 3.19. The maximum Gasteiger partial charge on any atom is 0.435 e. The minimum atomic E-state index is -4.54. The van der Waals surface area contributed by atoms with Crippen LogP contribution < -0.4 is 5.32 Å². The van der Waals surface area contributed by atoms with Gasteiger partial charge in [0.1, 0.15) is 5.82 Å². The van der Waals surface area contributed by atoms with Gasteiger partial charge in [-0.3, -0.25) is 14.2 Å². The van der Waals surface area contributed by atoms with Gasteiger partial charge in [-0.1, -0.05) is 17.7 Å². The van der Waals surface area contributed by atoms with Crippen LogP contribution >= 0.6 is 27.5 Å². The summed E-state index contributed by atoms with van der Waals surface area (Å²) in [5.41, 5.74) is -0.460. The molecule has 6 nitrogen and oxygen atoms in total. The number of aromatic nitrogens is 4. The van der Waals surface area contributed by atoms with Crippen molar-refractivity contribution in [2.24, 2.45) is 0 Å². The lowest BCUT2D eigenvalue weighted by atomic mass is 10.2. The Morgan fingerprint density at radius 2 is 2.03 bits per heavy atom. The van der Waals surface area contributed by atoms with E-state index in [0.717, 1.165) is 10.7 Å². The summed E-state index contributed by atoms with van der Waals surface area (Å²) in [5.74, 6) is -0.749. The number of aryl methyl sites for hydroxylation is 2. The zero-order valence-corrected chi connectivity index (χ0v) is 17.8. The summed E-state index contributed by atoms with van der Waals surface area (Å²) in [5, 5.41) is 10.5. The van der Waals surface area contributed by atoms with E-state index in [4.69, 9.17) is 11.6 Å². The van der Waals surface area contributed by atoms with Crippen LogP contribution in [0.1, 0.15) is 23.4 Å². The van der Waals surface area contributed by atoms with Crippen molar-refractivity contribution in [1.29, 1.82) is 0 Å². The first-order valence-corrected chi connectivity index (χ1v) is 9.79. The number of carbonyl (C=O) groups excluding carboxylic acids is 1. The van der Waals surface area contributed by atoms with Crippen molar-refractivity contribution in [3.05, 3.63) is 62.7 Å². The first-order chi connectivity index (χ1) is 14.0. The zero-order valence-electron chi connectivity index (χ0n) is 15.5. The minimum Gasteiger partial charge on any atom is -0.308 e. The first-order valence-electron chi connectivity index (χ1n) is 8.62. The second kappa shape index (κ2) is 8.76. The van der Waals surface area contributed by atoms with Crippen LogP contribution in [0.3, 0.4) is 0 Å². The Kier molecular flexibility index (Phi) is 6.51. The van der Waals surface area contributed by atoms with E-state index in [2.05, 4.69) is 31.4 Å². The SMILES string of the molecule is Cc1cc(C(F)(F)F)nn1CCC(=O)Nc1nn(Cc2c(F)cccc2Cl)cc1Br. The number of halogens is 6. The molecule has 2 aromatic heterocycles. The van der Waals surface area contributed by atoms with Gasteiger partial charge < -0.3 is 5.32 Å². The number of rotatable bonds is 6. The third kappa shape index (κ3) is 5.20. The van der Waals surface area contributed by atoms with E-state index in [-0.39, 0.29) is 35.9 Å². The lowest BCUT2D eigenvalue weighted by Gasteiger charge is -2.06. The second-order valence-electron chi connectivity index (χ2n) is 6.41. The van der Waals surface area contributed by atoms with Gasteiger partial charge >= 0.3 is 6.18 Å². The van der Waals surface area contributed by atoms with Gasteiger partial charge in [-0.25, -0.2) is 4.39 Å². The summed E-state index contributed by atoms with van der Waals surface area (Å²) in [6.07, 6.45) is -3.11. The molecule has 0 saturated carbocycles. The van der Waals surface area contributed by atoms with Crippen LogP contribution in [0.25, 0.3) is 0 Å². The van der Waals surface area contributed by atoms with Gasteiger partial charge in [0.15, 0.2) is 11.5 Å². The van der Waals surface area contributed by atoms with Gasteiger partial charge in [0.25, 0.3) is 0 Å². The van der Waals surface area contributed by atoms with Crippen molar-refractivity contribution in [3.63, 3.8) is 0 Å². The monoisotopic (exact) mass is 507 g/mol. The van der Waals surface area contributed by atoms with Crippen LogP contribution in [-0.4, -0.2) is 25.5 Å². The van der Waals surface area contributed by atoms with E-state index < -0.39 is 23.6 Å².